The molecule has 2 rings (SSSR count). The number of β-amino-alcohol motifs (C(OH)–C–C–N with tert-alkyl or cyclic N) is 1. The molecule has 104 valence electrons. The number of carbonyl (C=O) groups excluding carboxylic acids is 1. The highest BCUT2D eigenvalue weighted by Crippen LogP contribution is 2.20. The van der Waals surface area contributed by atoms with Crippen molar-refractivity contribution in [1.82, 2.24) is 4.90 Å². The zero-order valence-electron chi connectivity index (χ0n) is 10.5. The number of benzene rings is 1. The zero-order valence-corrected chi connectivity index (χ0v) is 10.5. The maximum atomic E-state index is 13.0. The first-order chi connectivity index (χ1) is 9.10. The maximum Gasteiger partial charge on any atom is 0.224 e. The number of hydrogen-bond acceptors (Lipinski definition) is 4. The first kappa shape index (κ1) is 13.8. The summed E-state index contributed by atoms with van der Waals surface area (Å²) < 4.78 is 18.5. The normalized spacial score (nSPS) is 22.6. The fraction of sp³-hybridized carbons (Fsp3) is 0.462. The minimum absolute atomic E-state index is 0.105. The number of aliphatic hydroxyl groups excluding tert-OH is 1. The van der Waals surface area contributed by atoms with Crippen LogP contribution < -0.4 is 10.5 Å². The van der Waals surface area contributed by atoms with Crippen LogP contribution in [0.1, 0.15) is 6.42 Å². The molecule has 1 heterocycles. The Labute approximate surface area is 110 Å². The summed E-state index contributed by atoms with van der Waals surface area (Å²) >= 11 is 0. The molecule has 6 heteroatoms. The topological polar surface area (TPSA) is 75.8 Å². The molecule has 1 aliphatic rings. The van der Waals surface area contributed by atoms with Gasteiger partial charge >= 0.3 is 0 Å². The van der Waals surface area contributed by atoms with E-state index in [2.05, 4.69) is 0 Å². The molecule has 0 spiro atoms. The maximum absolute atomic E-state index is 13.0. The largest absolute Gasteiger partial charge is 0.486 e. The van der Waals surface area contributed by atoms with Gasteiger partial charge in [0.25, 0.3) is 0 Å². The van der Waals surface area contributed by atoms with Crippen LogP contribution in [0.2, 0.25) is 0 Å². The summed E-state index contributed by atoms with van der Waals surface area (Å²) in [6, 6.07) is 5.70. The molecule has 1 aromatic carbocycles. The van der Waals surface area contributed by atoms with Crippen molar-refractivity contribution >= 4 is 5.91 Å². The molecule has 0 aliphatic carbocycles. The van der Waals surface area contributed by atoms with Crippen molar-refractivity contribution in [3.63, 3.8) is 0 Å². The van der Waals surface area contributed by atoms with E-state index in [0.717, 1.165) is 0 Å². The zero-order chi connectivity index (χ0) is 13.8. The second-order valence-electron chi connectivity index (χ2n) is 4.52. The van der Waals surface area contributed by atoms with Crippen LogP contribution in [-0.4, -0.2) is 47.8 Å². The number of nitrogens with two attached hydrogens (primary N) is 1. The van der Waals surface area contributed by atoms with Crippen LogP contribution in [-0.2, 0) is 4.79 Å². The molecule has 1 aliphatic heterocycles. The predicted molar refractivity (Wildman–Crippen MR) is 67.1 cm³/mol. The van der Waals surface area contributed by atoms with E-state index in [1.54, 1.807) is 6.07 Å². The Morgan fingerprint density at radius 2 is 2.32 bits per heavy atom. The standard InChI is InChI=1S/C13H17FN2O3/c14-9-2-1-3-10(6-9)19-12-8-16(7-11(12)17)13(18)4-5-15/h1-3,6,11-12,17H,4-5,7-8,15H2/t11-,12-/m1/s1. The number of halogens is 1. The lowest BCUT2D eigenvalue weighted by Gasteiger charge is -2.17. The summed E-state index contributed by atoms with van der Waals surface area (Å²) in [5.74, 6) is -0.162. The Bertz CT molecular complexity index is 455. The van der Waals surface area contributed by atoms with Crippen LogP contribution in [0.3, 0.4) is 0 Å². The molecule has 19 heavy (non-hydrogen) atoms. The van der Waals surface area contributed by atoms with Crippen molar-refractivity contribution in [2.45, 2.75) is 18.6 Å². The monoisotopic (exact) mass is 268 g/mol. The highest BCUT2D eigenvalue weighted by Gasteiger charge is 2.35. The molecule has 1 aromatic rings. The molecule has 3 N–H and O–H groups in total. The smallest absolute Gasteiger partial charge is 0.224 e. The van der Waals surface area contributed by atoms with Gasteiger partial charge in [-0.05, 0) is 12.1 Å². The SMILES string of the molecule is NCCC(=O)N1C[C@@H](O)[C@H](Oc2cccc(F)c2)C1. The van der Waals surface area contributed by atoms with E-state index in [4.69, 9.17) is 10.5 Å². The van der Waals surface area contributed by atoms with Crippen LogP contribution in [0.15, 0.2) is 24.3 Å². The molecule has 1 saturated heterocycles. The van der Waals surface area contributed by atoms with Gasteiger partial charge in [-0.1, -0.05) is 6.07 Å². The third-order valence-electron chi connectivity index (χ3n) is 3.03. The molecule has 5 nitrogen and oxygen atoms in total. The van der Waals surface area contributed by atoms with Crippen molar-refractivity contribution in [3.05, 3.63) is 30.1 Å². The second kappa shape index (κ2) is 5.99. The van der Waals surface area contributed by atoms with E-state index in [0.29, 0.717) is 5.75 Å². The van der Waals surface area contributed by atoms with Crippen molar-refractivity contribution in [2.75, 3.05) is 19.6 Å². The van der Waals surface area contributed by atoms with E-state index in [-0.39, 0.29) is 32.0 Å². The van der Waals surface area contributed by atoms with Gasteiger partial charge in [0, 0.05) is 19.0 Å². The van der Waals surface area contributed by atoms with Gasteiger partial charge in [-0.3, -0.25) is 4.79 Å². The Kier molecular flexibility index (Phi) is 4.34. The molecule has 2 atom stereocenters. The van der Waals surface area contributed by atoms with Crippen LogP contribution in [0.4, 0.5) is 4.39 Å². The lowest BCUT2D eigenvalue weighted by Crippen LogP contribution is -2.32. The van der Waals surface area contributed by atoms with Gasteiger partial charge in [0.05, 0.1) is 13.1 Å². The van der Waals surface area contributed by atoms with Crippen LogP contribution >= 0.6 is 0 Å². The van der Waals surface area contributed by atoms with Gasteiger partial charge in [0.15, 0.2) is 0 Å². The van der Waals surface area contributed by atoms with Crippen molar-refractivity contribution < 1.29 is 19.0 Å². The number of nitrogens with zero attached hydrogens (tertiary/aromatic N) is 1. The summed E-state index contributed by atoms with van der Waals surface area (Å²) in [5, 5.41) is 9.86. The minimum atomic E-state index is -0.773. The fourth-order valence-electron chi connectivity index (χ4n) is 2.07. The number of ether oxygens (including phenoxy) is 1. The average Bonchev–Trinajstić information content (AvgIpc) is 2.71. The number of rotatable bonds is 4. The molecule has 1 amide bonds. The van der Waals surface area contributed by atoms with Crippen LogP contribution in [0.5, 0.6) is 5.75 Å². The summed E-state index contributed by atoms with van der Waals surface area (Å²) in [6.07, 6.45) is -1.06. The second-order valence-corrected chi connectivity index (χ2v) is 4.52. The van der Waals surface area contributed by atoms with E-state index >= 15 is 0 Å². The van der Waals surface area contributed by atoms with Gasteiger partial charge in [-0.25, -0.2) is 4.39 Å². The number of amides is 1. The number of aliphatic hydroxyl groups is 1. The lowest BCUT2D eigenvalue weighted by atomic mass is 10.2. The molecule has 0 unspecified atom stereocenters. The van der Waals surface area contributed by atoms with E-state index in [1.165, 1.54) is 23.1 Å². The number of hydrogen-bond donors (Lipinski definition) is 2. The first-order valence-corrected chi connectivity index (χ1v) is 6.18. The highest BCUT2D eigenvalue weighted by atomic mass is 19.1. The van der Waals surface area contributed by atoms with Crippen molar-refractivity contribution in [1.29, 1.82) is 0 Å². The van der Waals surface area contributed by atoms with Gasteiger partial charge < -0.3 is 20.5 Å². The summed E-state index contributed by atoms with van der Waals surface area (Å²) in [7, 11) is 0. The Balaban J connectivity index is 1.96. The first-order valence-electron chi connectivity index (χ1n) is 6.18. The van der Waals surface area contributed by atoms with E-state index < -0.39 is 18.0 Å². The molecule has 0 saturated carbocycles. The predicted octanol–water partition coefficient (Wildman–Crippen LogP) is 0.125. The average molecular weight is 268 g/mol. The third kappa shape index (κ3) is 3.42. The fourth-order valence-corrected chi connectivity index (χ4v) is 2.07. The highest BCUT2D eigenvalue weighted by molar-refractivity contribution is 5.76. The molecule has 0 bridgehead atoms. The van der Waals surface area contributed by atoms with Gasteiger partial charge in [-0.15, -0.1) is 0 Å². The number of carbonyl (C=O) groups is 1. The van der Waals surface area contributed by atoms with Crippen molar-refractivity contribution in [2.24, 2.45) is 5.73 Å². The van der Waals surface area contributed by atoms with E-state index in [9.17, 15) is 14.3 Å². The summed E-state index contributed by atoms with van der Waals surface area (Å²) in [6.45, 7) is 0.788. The Hall–Kier alpha value is -1.66. The summed E-state index contributed by atoms with van der Waals surface area (Å²) in [4.78, 5) is 13.2. The van der Waals surface area contributed by atoms with Crippen LogP contribution in [0.25, 0.3) is 0 Å². The lowest BCUT2D eigenvalue weighted by molar-refractivity contribution is -0.130. The quantitative estimate of drug-likeness (QED) is 0.813. The van der Waals surface area contributed by atoms with Gasteiger partial charge in [0.2, 0.25) is 5.91 Å². The Morgan fingerprint density at radius 1 is 1.53 bits per heavy atom. The molecule has 0 radical (unpaired) electrons. The number of likely N-dealkylation sites (tertiary alicyclic amines) is 1. The van der Waals surface area contributed by atoms with Crippen LogP contribution in [0, 0.1) is 5.82 Å². The van der Waals surface area contributed by atoms with E-state index in [1.807, 2.05) is 0 Å². The third-order valence-corrected chi connectivity index (χ3v) is 3.03. The molecular formula is C13H17FN2O3. The van der Waals surface area contributed by atoms with Crippen molar-refractivity contribution in [3.8, 4) is 5.75 Å². The van der Waals surface area contributed by atoms with Gasteiger partial charge in [0.1, 0.15) is 23.8 Å². The molecule has 0 aromatic heterocycles. The van der Waals surface area contributed by atoms with Gasteiger partial charge in [-0.2, -0.15) is 0 Å². The molecular weight excluding hydrogens is 251 g/mol. The molecule has 1 fully saturated rings. The Morgan fingerprint density at radius 3 is 3.00 bits per heavy atom. The summed E-state index contributed by atoms with van der Waals surface area (Å²) in [5.41, 5.74) is 5.32. The minimum Gasteiger partial charge on any atom is -0.486 e.